The van der Waals surface area contributed by atoms with E-state index in [2.05, 4.69) is 4.98 Å². The van der Waals surface area contributed by atoms with Crippen LogP contribution in [0.25, 0.3) is 0 Å². The molecule has 1 rings (SSSR count). The van der Waals surface area contributed by atoms with Gasteiger partial charge >= 0.3 is 6.09 Å². The number of amides is 1. The van der Waals surface area contributed by atoms with E-state index in [0.717, 1.165) is 11.3 Å². The predicted molar refractivity (Wildman–Crippen MR) is 61.8 cm³/mol. The standard InChI is InChI=1S/C12H18N2O2/c1-8-5-6-9(14-7-8)10(12(2,3)4)16-11(13)15/h5-7,10H,1-4H3,(H2,13,15). The molecule has 16 heavy (non-hydrogen) atoms. The lowest BCUT2D eigenvalue weighted by Crippen LogP contribution is -2.27. The van der Waals surface area contributed by atoms with Crippen molar-refractivity contribution in [2.45, 2.75) is 33.8 Å². The van der Waals surface area contributed by atoms with Crippen molar-refractivity contribution in [3.63, 3.8) is 0 Å². The maximum absolute atomic E-state index is 10.9. The van der Waals surface area contributed by atoms with E-state index in [4.69, 9.17) is 10.5 Å². The second-order valence-corrected chi connectivity index (χ2v) is 4.94. The molecule has 4 nitrogen and oxygen atoms in total. The lowest BCUT2D eigenvalue weighted by Gasteiger charge is -2.29. The SMILES string of the molecule is Cc1ccc(C(OC(N)=O)C(C)(C)C)nc1. The molecule has 4 heteroatoms. The number of hydrogen-bond donors (Lipinski definition) is 1. The van der Waals surface area contributed by atoms with E-state index < -0.39 is 12.2 Å². The fourth-order valence-corrected chi connectivity index (χ4v) is 1.43. The minimum atomic E-state index is -0.776. The zero-order chi connectivity index (χ0) is 12.3. The number of nitrogens with two attached hydrogens (primary N) is 1. The Morgan fingerprint density at radius 2 is 2.06 bits per heavy atom. The molecule has 0 aromatic carbocycles. The third-order valence-electron chi connectivity index (χ3n) is 2.22. The van der Waals surface area contributed by atoms with Gasteiger partial charge in [-0.05, 0) is 18.6 Å². The number of primary amides is 1. The Morgan fingerprint density at radius 1 is 1.44 bits per heavy atom. The highest BCUT2D eigenvalue weighted by Crippen LogP contribution is 2.34. The Bertz CT molecular complexity index is 366. The summed E-state index contributed by atoms with van der Waals surface area (Å²) in [6.45, 7) is 7.88. The van der Waals surface area contributed by atoms with Crippen molar-refractivity contribution in [1.82, 2.24) is 4.98 Å². The molecule has 0 fully saturated rings. The number of rotatable bonds is 2. The van der Waals surface area contributed by atoms with Crippen LogP contribution in [0.1, 0.15) is 38.1 Å². The molecule has 0 saturated heterocycles. The van der Waals surface area contributed by atoms with Crippen LogP contribution in [-0.2, 0) is 4.74 Å². The number of carbonyl (C=O) groups is 1. The molecule has 1 heterocycles. The molecule has 1 atom stereocenters. The summed E-state index contributed by atoms with van der Waals surface area (Å²) in [5, 5.41) is 0. The van der Waals surface area contributed by atoms with Gasteiger partial charge in [0.1, 0.15) is 0 Å². The van der Waals surface area contributed by atoms with Gasteiger partial charge in [0.15, 0.2) is 6.10 Å². The first-order valence-corrected chi connectivity index (χ1v) is 5.19. The molecule has 0 saturated carbocycles. The van der Waals surface area contributed by atoms with Crippen molar-refractivity contribution < 1.29 is 9.53 Å². The van der Waals surface area contributed by atoms with Crippen molar-refractivity contribution in [3.8, 4) is 0 Å². The monoisotopic (exact) mass is 222 g/mol. The average Bonchev–Trinajstić information content (AvgIpc) is 2.14. The number of aryl methyl sites for hydroxylation is 1. The van der Waals surface area contributed by atoms with Crippen molar-refractivity contribution >= 4 is 6.09 Å². The van der Waals surface area contributed by atoms with Gasteiger partial charge in [-0.1, -0.05) is 26.8 Å². The topological polar surface area (TPSA) is 65.2 Å². The lowest BCUT2D eigenvalue weighted by molar-refractivity contribution is 0.0331. The predicted octanol–water partition coefficient (Wildman–Crippen LogP) is 2.57. The third kappa shape index (κ3) is 3.22. The highest BCUT2D eigenvalue weighted by atomic mass is 16.6. The molecule has 2 N–H and O–H groups in total. The Kier molecular flexibility index (Phi) is 3.52. The van der Waals surface area contributed by atoms with Gasteiger partial charge in [0.05, 0.1) is 5.69 Å². The van der Waals surface area contributed by atoms with E-state index in [1.165, 1.54) is 0 Å². The molecular weight excluding hydrogens is 204 g/mol. The number of carbonyl (C=O) groups excluding carboxylic acids is 1. The van der Waals surface area contributed by atoms with E-state index in [9.17, 15) is 4.79 Å². The summed E-state index contributed by atoms with van der Waals surface area (Å²) in [5.74, 6) is 0. The van der Waals surface area contributed by atoms with Crippen LogP contribution >= 0.6 is 0 Å². The van der Waals surface area contributed by atoms with Crippen molar-refractivity contribution in [3.05, 3.63) is 29.6 Å². The third-order valence-corrected chi connectivity index (χ3v) is 2.22. The Labute approximate surface area is 95.8 Å². The first-order chi connectivity index (χ1) is 7.30. The van der Waals surface area contributed by atoms with Crippen LogP contribution < -0.4 is 5.73 Å². The molecule has 0 aliphatic carbocycles. The maximum atomic E-state index is 10.9. The maximum Gasteiger partial charge on any atom is 0.405 e. The number of hydrogen-bond acceptors (Lipinski definition) is 3. The van der Waals surface area contributed by atoms with E-state index in [1.54, 1.807) is 6.20 Å². The Balaban J connectivity index is 3.01. The average molecular weight is 222 g/mol. The second-order valence-electron chi connectivity index (χ2n) is 4.94. The fraction of sp³-hybridized carbons (Fsp3) is 0.500. The van der Waals surface area contributed by atoms with Gasteiger partial charge in [0.2, 0.25) is 0 Å². The molecule has 0 bridgehead atoms. The highest BCUT2D eigenvalue weighted by Gasteiger charge is 2.30. The Hall–Kier alpha value is -1.58. The largest absolute Gasteiger partial charge is 0.439 e. The van der Waals surface area contributed by atoms with Crippen molar-refractivity contribution in [2.75, 3.05) is 0 Å². The summed E-state index contributed by atoms with van der Waals surface area (Å²) in [6.07, 6.45) is 0.547. The summed E-state index contributed by atoms with van der Waals surface area (Å²) >= 11 is 0. The number of pyridine rings is 1. The first-order valence-electron chi connectivity index (χ1n) is 5.19. The van der Waals surface area contributed by atoms with Gasteiger partial charge in [-0.2, -0.15) is 0 Å². The van der Waals surface area contributed by atoms with E-state index in [0.29, 0.717) is 0 Å². The minimum absolute atomic E-state index is 0.239. The normalized spacial score (nSPS) is 13.2. The molecule has 0 aliphatic rings. The fourth-order valence-electron chi connectivity index (χ4n) is 1.43. The van der Waals surface area contributed by atoms with Crippen LogP contribution in [0.5, 0.6) is 0 Å². The van der Waals surface area contributed by atoms with Crippen LogP contribution in [0.3, 0.4) is 0 Å². The summed E-state index contributed by atoms with van der Waals surface area (Å²) in [5.41, 5.74) is 6.61. The molecule has 88 valence electrons. The van der Waals surface area contributed by atoms with Gasteiger partial charge in [0, 0.05) is 11.6 Å². The quantitative estimate of drug-likeness (QED) is 0.836. The summed E-state index contributed by atoms with van der Waals surface area (Å²) in [4.78, 5) is 15.1. The van der Waals surface area contributed by atoms with Crippen LogP contribution in [0.4, 0.5) is 4.79 Å². The zero-order valence-corrected chi connectivity index (χ0v) is 10.2. The first kappa shape index (κ1) is 12.5. The van der Waals surface area contributed by atoms with Crippen LogP contribution in [0.2, 0.25) is 0 Å². The van der Waals surface area contributed by atoms with Gasteiger partial charge < -0.3 is 10.5 Å². The van der Waals surface area contributed by atoms with Crippen LogP contribution in [0.15, 0.2) is 18.3 Å². The number of nitrogens with zero attached hydrogens (tertiary/aromatic N) is 1. The second kappa shape index (κ2) is 4.51. The molecule has 0 radical (unpaired) electrons. The van der Waals surface area contributed by atoms with Crippen molar-refractivity contribution in [1.29, 1.82) is 0 Å². The molecular formula is C12H18N2O2. The summed E-state index contributed by atoms with van der Waals surface area (Å²) in [6, 6.07) is 3.79. The number of ether oxygens (including phenoxy) is 1. The summed E-state index contributed by atoms with van der Waals surface area (Å²) < 4.78 is 5.12. The van der Waals surface area contributed by atoms with Crippen molar-refractivity contribution in [2.24, 2.45) is 11.1 Å². The number of aromatic nitrogens is 1. The van der Waals surface area contributed by atoms with Gasteiger partial charge in [0.25, 0.3) is 0 Å². The van der Waals surface area contributed by atoms with Gasteiger partial charge in [-0.15, -0.1) is 0 Å². The zero-order valence-electron chi connectivity index (χ0n) is 10.2. The van der Waals surface area contributed by atoms with E-state index in [-0.39, 0.29) is 5.41 Å². The highest BCUT2D eigenvalue weighted by molar-refractivity contribution is 5.65. The smallest absolute Gasteiger partial charge is 0.405 e. The van der Waals surface area contributed by atoms with Crippen LogP contribution in [0, 0.1) is 12.3 Å². The lowest BCUT2D eigenvalue weighted by atomic mass is 9.86. The van der Waals surface area contributed by atoms with E-state index in [1.807, 2.05) is 39.8 Å². The molecule has 0 spiro atoms. The molecule has 1 aromatic rings. The molecule has 1 amide bonds. The van der Waals surface area contributed by atoms with E-state index >= 15 is 0 Å². The minimum Gasteiger partial charge on any atom is -0.439 e. The van der Waals surface area contributed by atoms with Gasteiger partial charge in [-0.3, -0.25) is 4.98 Å². The molecule has 1 aromatic heterocycles. The summed E-state index contributed by atoms with van der Waals surface area (Å²) in [7, 11) is 0. The molecule has 0 aliphatic heterocycles. The van der Waals surface area contributed by atoms with Crippen LogP contribution in [-0.4, -0.2) is 11.1 Å². The Morgan fingerprint density at radius 3 is 2.44 bits per heavy atom. The van der Waals surface area contributed by atoms with Gasteiger partial charge in [-0.25, -0.2) is 4.79 Å². The molecule has 1 unspecified atom stereocenters.